The van der Waals surface area contributed by atoms with Crippen molar-refractivity contribution in [3.63, 3.8) is 0 Å². The van der Waals surface area contributed by atoms with Crippen LogP contribution in [0.1, 0.15) is 13.8 Å². The lowest BCUT2D eigenvalue weighted by Gasteiger charge is -2.07. The van der Waals surface area contributed by atoms with E-state index in [-0.39, 0.29) is 5.78 Å². The third-order valence-electron chi connectivity index (χ3n) is 1.14. The highest BCUT2D eigenvalue weighted by atomic mass is 16.3. The predicted molar refractivity (Wildman–Crippen MR) is 40.6 cm³/mol. The number of hydrogen-bond acceptors (Lipinski definition) is 2. The van der Waals surface area contributed by atoms with Gasteiger partial charge in [0.15, 0.2) is 5.78 Å². The molecule has 1 atom stereocenters. The molecule has 0 aromatic carbocycles. The number of Topliss-reactive ketones (excluding diaryl/α,β-unsaturated/α-hetero) is 1. The van der Waals surface area contributed by atoms with Gasteiger partial charge in [-0.3, -0.25) is 4.79 Å². The van der Waals surface area contributed by atoms with Crippen molar-refractivity contribution < 1.29 is 9.90 Å². The van der Waals surface area contributed by atoms with Gasteiger partial charge >= 0.3 is 0 Å². The lowest BCUT2D eigenvalue weighted by Crippen LogP contribution is -2.21. The highest BCUT2D eigenvalue weighted by molar-refractivity contribution is 5.99. The summed E-state index contributed by atoms with van der Waals surface area (Å²) in [5.41, 5.74) is 0.809. The summed E-state index contributed by atoms with van der Waals surface area (Å²) in [6.45, 7) is 10.0. The van der Waals surface area contributed by atoms with E-state index in [1.54, 1.807) is 13.8 Å². The van der Waals surface area contributed by atoms with Crippen molar-refractivity contribution in [2.75, 3.05) is 0 Å². The molecule has 0 radical (unpaired) electrons. The van der Waals surface area contributed by atoms with Gasteiger partial charge < -0.3 is 5.11 Å². The van der Waals surface area contributed by atoms with E-state index < -0.39 is 6.10 Å². The van der Waals surface area contributed by atoms with Gasteiger partial charge in [-0.25, -0.2) is 0 Å². The lowest BCUT2D eigenvalue weighted by atomic mass is 10.1. The summed E-state index contributed by atoms with van der Waals surface area (Å²) < 4.78 is 0. The quantitative estimate of drug-likeness (QED) is 0.470. The smallest absolute Gasteiger partial charge is 0.190 e. The monoisotopic (exact) mass is 140 g/mol. The van der Waals surface area contributed by atoms with Gasteiger partial charge in [-0.15, -0.1) is 0 Å². The van der Waals surface area contributed by atoms with Crippen LogP contribution in [0.3, 0.4) is 0 Å². The van der Waals surface area contributed by atoms with Crippen LogP contribution in [0.2, 0.25) is 0 Å². The second-order valence-electron chi connectivity index (χ2n) is 2.39. The van der Waals surface area contributed by atoms with Crippen LogP contribution in [0.4, 0.5) is 0 Å². The Hall–Kier alpha value is -0.890. The van der Waals surface area contributed by atoms with E-state index in [2.05, 4.69) is 13.2 Å². The van der Waals surface area contributed by atoms with Gasteiger partial charge in [-0.2, -0.15) is 0 Å². The summed E-state index contributed by atoms with van der Waals surface area (Å²) in [6.07, 6.45) is -1.07. The average Bonchev–Trinajstić information content (AvgIpc) is 1.84. The van der Waals surface area contributed by atoms with Gasteiger partial charge in [0.05, 0.1) is 0 Å². The van der Waals surface area contributed by atoms with Crippen molar-refractivity contribution in [1.82, 2.24) is 0 Å². The third kappa shape index (κ3) is 2.15. The highest BCUT2D eigenvalue weighted by Gasteiger charge is 2.14. The molecular formula is C8H12O2. The van der Waals surface area contributed by atoms with Crippen LogP contribution < -0.4 is 0 Å². The van der Waals surface area contributed by atoms with Crippen LogP contribution in [0.25, 0.3) is 0 Å². The van der Waals surface area contributed by atoms with E-state index in [1.807, 2.05) is 0 Å². The molecule has 0 aliphatic heterocycles. The van der Waals surface area contributed by atoms with Gasteiger partial charge in [0.2, 0.25) is 0 Å². The molecule has 0 aliphatic carbocycles. The Morgan fingerprint density at radius 3 is 1.90 bits per heavy atom. The van der Waals surface area contributed by atoms with Gasteiger partial charge in [0, 0.05) is 0 Å². The first-order valence-corrected chi connectivity index (χ1v) is 3.00. The third-order valence-corrected chi connectivity index (χ3v) is 1.14. The standard InChI is InChI=1S/C8H12O2/c1-5(2)7(9)8(10)6(3)4/h7,9H,1,3H2,2,4H3. The van der Waals surface area contributed by atoms with E-state index in [9.17, 15) is 4.79 Å². The number of hydrogen-bond donors (Lipinski definition) is 1. The largest absolute Gasteiger partial charge is 0.381 e. The minimum absolute atomic E-state index is 0.354. The zero-order valence-corrected chi connectivity index (χ0v) is 6.35. The Morgan fingerprint density at radius 2 is 1.80 bits per heavy atom. The van der Waals surface area contributed by atoms with Crippen molar-refractivity contribution in [1.29, 1.82) is 0 Å². The van der Waals surface area contributed by atoms with Crippen LogP contribution in [-0.2, 0) is 4.79 Å². The van der Waals surface area contributed by atoms with E-state index >= 15 is 0 Å². The van der Waals surface area contributed by atoms with Crippen LogP contribution in [0, 0.1) is 0 Å². The van der Waals surface area contributed by atoms with Gasteiger partial charge in [-0.05, 0) is 25.0 Å². The van der Waals surface area contributed by atoms with Crippen molar-refractivity contribution in [2.24, 2.45) is 0 Å². The summed E-state index contributed by atoms with van der Waals surface area (Å²) in [7, 11) is 0. The molecule has 0 amide bonds. The maximum absolute atomic E-state index is 10.9. The van der Waals surface area contributed by atoms with Gasteiger partial charge in [0.25, 0.3) is 0 Å². The van der Waals surface area contributed by atoms with Crippen LogP contribution in [0.5, 0.6) is 0 Å². The van der Waals surface area contributed by atoms with Crippen molar-refractivity contribution in [3.05, 3.63) is 24.3 Å². The van der Waals surface area contributed by atoms with Crippen molar-refractivity contribution >= 4 is 5.78 Å². The predicted octanol–water partition coefficient (Wildman–Crippen LogP) is 1.07. The number of ketones is 1. The summed E-state index contributed by atoms with van der Waals surface area (Å²) in [4.78, 5) is 10.9. The highest BCUT2D eigenvalue weighted by Crippen LogP contribution is 2.03. The van der Waals surface area contributed by atoms with E-state index in [0.29, 0.717) is 11.1 Å². The summed E-state index contributed by atoms with van der Waals surface area (Å²) in [5.74, 6) is -0.354. The van der Waals surface area contributed by atoms with Crippen LogP contribution in [-0.4, -0.2) is 17.0 Å². The molecule has 0 aromatic rings. The van der Waals surface area contributed by atoms with Gasteiger partial charge in [-0.1, -0.05) is 13.2 Å². The fourth-order valence-electron chi connectivity index (χ4n) is 0.457. The molecule has 1 N–H and O–H groups in total. The fourth-order valence-corrected chi connectivity index (χ4v) is 0.457. The lowest BCUT2D eigenvalue weighted by molar-refractivity contribution is -0.121. The molecular weight excluding hydrogens is 128 g/mol. The van der Waals surface area contributed by atoms with Crippen molar-refractivity contribution in [3.8, 4) is 0 Å². The first-order valence-electron chi connectivity index (χ1n) is 3.00. The molecule has 56 valence electrons. The maximum Gasteiger partial charge on any atom is 0.190 e. The zero-order chi connectivity index (χ0) is 8.31. The second kappa shape index (κ2) is 3.32. The van der Waals surface area contributed by atoms with E-state index in [4.69, 9.17) is 5.11 Å². The molecule has 0 saturated heterocycles. The number of carbonyl (C=O) groups excluding carboxylic acids is 1. The zero-order valence-electron chi connectivity index (χ0n) is 6.35. The average molecular weight is 140 g/mol. The molecule has 10 heavy (non-hydrogen) atoms. The number of carbonyl (C=O) groups is 1. The molecule has 2 nitrogen and oxygen atoms in total. The van der Waals surface area contributed by atoms with Crippen molar-refractivity contribution in [2.45, 2.75) is 20.0 Å². The Bertz CT molecular complexity index is 180. The molecule has 0 rings (SSSR count). The molecule has 0 saturated carbocycles. The summed E-state index contributed by atoms with van der Waals surface area (Å²) in [5, 5.41) is 9.06. The Labute approximate surface area is 60.9 Å². The molecule has 0 spiro atoms. The Kier molecular flexibility index (Phi) is 3.03. The number of aliphatic hydroxyl groups is 1. The normalized spacial score (nSPS) is 12.3. The van der Waals surface area contributed by atoms with Crippen LogP contribution in [0.15, 0.2) is 24.3 Å². The van der Waals surface area contributed by atoms with Gasteiger partial charge in [0.1, 0.15) is 6.10 Å². The summed E-state index contributed by atoms with van der Waals surface area (Å²) in [6, 6.07) is 0. The minimum Gasteiger partial charge on any atom is -0.381 e. The number of rotatable bonds is 3. The summed E-state index contributed by atoms with van der Waals surface area (Å²) >= 11 is 0. The SMILES string of the molecule is C=C(C)C(=O)C(O)C(=C)C. The first kappa shape index (κ1) is 9.11. The molecule has 1 unspecified atom stereocenters. The first-order chi connectivity index (χ1) is 4.46. The molecule has 0 fully saturated rings. The second-order valence-corrected chi connectivity index (χ2v) is 2.39. The molecule has 0 bridgehead atoms. The van der Waals surface area contributed by atoms with E-state index in [0.717, 1.165) is 0 Å². The number of aliphatic hydroxyl groups excluding tert-OH is 1. The topological polar surface area (TPSA) is 37.3 Å². The molecule has 0 aliphatic rings. The minimum atomic E-state index is -1.07. The molecule has 0 heterocycles. The Morgan fingerprint density at radius 1 is 1.40 bits per heavy atom. The maximum atomic E-state index is 10.9. The molecule has 0 aromatic heterocycles. The Balaban J connectivity index is 4.22. The van der Waals surface area contributed by atoms with Crippen LogP contribution >= 0.6 is 0 Å². The molecule has 2 heteroatoms. The fraction of sp³-hybridized carbons (Fsp3) is 0.375. The van der Waals surface area contributed by atoms with E-state index in [1.165, 1.54) is 0 Å².